The summed E-state index contributed by atoms with van der Waals surface area (Å²) in [5.41, 5.74) is 2.81. The zero-order chi connectivity index (χ0) is 20.8. The maximum atomic E-state index is 10.6. The summed E-state index contributed by atoms with van der Waals surface area (Å²) in [6.07, 6.45) is 4.31. The summed E-state index contributed by atoms with van der Waals surface area (Å²) in [6.45, 7) is 0.553. The molecule has 6 heteroatoms. The van der Waals surface area contributed by atoms with E-state index >= 15 is 0 Å². The van der Waals surface area contributed by atoms with E-state index in [0.717, 1.165) is 46.8 Å². The third-order valence-electron chi connectivity index (χ3n) is 4.84. The molecule has 30 heavy (non-hydrogen) atoms. The van der Waals surface area contributed by atoms with E-state index in [9.17, 15) is 4.79 Å². The van der Waals surface area contributed by atoms with Crippen LogP contribution in [0.5, 0.6) is 5.75 Å². The lowest BCUT2D eigenvalue weighted by molar-refractivity contribution is -0.137. The molecule has 0 atom stereocenters. The van der Waals surface area contributed by atoms with E-state index in [1.807, 2.05) is 66.7 Å². The quantitative estimate of drug-likeness (QED) is 0.394. The Morgan fingerprint density at radius 3 is 2.57 bits per heavy atom. The minimum atomic E-state index is -0.751. The number of pyridine rings is 1. The highest BCUT2D eigenvalue weighted by atomic mass is 16.5. The molecule has 152 valence electrons. The van der Waals surface area contributed by atoms with Crippen LogP contribution in [0.2, 0.25) is 0 Å². The Bertz CT molecular complexity index is 1120. The summed E-state index contributed by atoms with van der Waals surface area (Å²) < 4.78 is 7.93. The number of aromatic nitrogens is 3. The van der Waals surface area contributed by atoms with Crippen molar-refractivity contribution < 1.29 is 14.6 Å². The lowest BCUT2D eigenvalue weighted by Gasteiger charge is -2.09. The Morgan fingerprint density at radius 2 is 1.80 bits per heavy atom. The molecule has 0 aliphatic heterocycles. The molecule has 0 saturated carbocycles. The van der Waals surface area contributed by atoms with Crippen molar-refractivity contribution in [1.82, 2.24) is 14.5 Å². The van der Waals surface area contributed by atoms with E-state index in [2.05, 4.69) is 9.55 Å². The van der Waals surface area contributed by atoms with E-state index in [4.69, 9.17) is 14.8 Å². The highest BCUT2D eigenvalue weighted by Gasteiger charge is 2.15. The second kappa shape index (κ2) is 9.22. The number of fused-ring (bicyclic) bond motifs is 1. The molecular weight excluding hydrogens is 378 g/mol. The molecule has 0 radical (unpaired) electrons. The number of hydrogen-bond acceptors (Lipinski definition) is 4. The summed E-state index contributed by atoms with van der Waals surface area (Å²) in [7, 11) is 0. The number of unbranched alkanes of at least 4 members (excludes halogenated alkanes) is 2. The molecule has 0 aliphatic rings. The Hall–Kier alpha value is -3.67. The molecule has 1 N–H and O–H groups in total. The first-order valence-corrected chi connectivity index (χ1v) is 10.1. The number of carbonyl (C=O) groups is 1. The van der Waals surface area contributed by atoms with Crippen molar-refractivity contribution in [2.24, 2.45) is 0 Å². The molecule has 2 aromatic carbocycles. The van der Waals surface area contributed by atoms with E-state index in [1.165, 1.54) is 0 Å². The fourth-order valence-electron chi connectivity index (χ4n) is 3.39. The molecular formula is C24H23N3O3. The van der Waals surface area contributed by atoms with Gasteiger partial charge in [0.15, 0.2) is 0 Å². The van der Waals surface area contributed by atoms with Gasteiger partial charge in [-0.15, -0.1) is 0 Å². The number of aliphatic carboxylic acids is 1. The van der Waals surface area contributed by atoms with Gasteiger partial charge in [-0.3, -0.25) is 9.36 Å². The van der Waals surface area contributed by atoms with Crippen LogP contribution in [0, 0.1) is 0 Å². The Kier molecular flexibility index (Phi) is 6.03. The summed E-state index contributed by atoms with van der Waals surface area (Å²) >= 11 is 0. The molecule has 4 rings (SSSR count). The third kappa shape index (κ3) is 4.49. The van der Waals surface area contributed by atoms with Crippen LogP contribution in [0.4, 0.5) is 0 Å². The normalized spacial score (nSPS) is 10.9. The van der Waals surface area contributed by atoms with Gasteiger partial charge in [-0.25, -0.2) is 9.97 Å². The van der Waals surface area contributed by atoms with E-state index < -0.39 is 5.97 Å². The van der Waals surface area contributed by atoms with Crippen LogP contribution >= 0.6 is 0 Å². The van der Waals surface area contributed by atoms with Gasteiger partial charge >= 0.3 is 5.97 Å². The van der Waals surface area contributed by atoms with Gasteiger partial charge in [-0.1, -0.05) is 36.4 Å². The second-order valence-electron chi connectivity index (χ2n) is 7.03. The average molecular weight is 401 g/mol. The molecule has 0 fully saturated rings. The molecule has 6 nitrogen and oxygen atoms in total. The largest absolute Gasteiger partial charge is 0.494 e. The van der Waals surface area contributed by atoms with Crippen LogP contribution in [0.15, 0.2) is 72.9 Å². The van der Waals surface area contributed by atoms with Crippen molar-refractivity contribution in [2.75, 3.05) is 6.61 Å². The topological polar surface area (TPSA) is 77.2 Å². The third-order valence-corrected chi connectivity index (χ3v) is 4.84. The Labute approximate surface area is 174 Å². The minimum absolute atomic E-state index is 0.208. The summed E-state index contributed by atoms with van der Waals surface area (Å²) in [5, 5.41) is 8.69. The van der Waals surface area contributed by atoms with Crippen LogP contribution < -0.4 is 4.74 Å². The Balaban J connectivity index is 1.59. The van der Waals surface area contributed by atoms with Crippen LogP contribution in [-0.2, 0) is 4.79 Å². The lowest BCUT2D eigenvalue weighted by atomic mass is 10.2. The van der Waals surface area contributed by atoms with Crippen LogP contribution in [0.3, 0.4) is 0 Å². The summed E-state index contributed by atoms with van der Waals surface area (Å²) in [4.78, 5) is 20.0. The van der Waals surface area contributed by atoms with Gasteiger partial charge in [-0.2, -0.15) is 0 Å². The highest BCUT2D eigenvalue weighted by Crippen LogP contribution is 2.30. The molecule has 0 bridgehead atoms. The molecule has 0 spiro atoms. The van der Waals surface area contributed by atoms with Gasteiger partial charge in [0.2, 0.25) is 0 Å². The zero-order valence-electron chi connectivity index (χ0n) is 16.6. The lowest BCUT2D eigenvalue weighted by Crippen LogP contribution is -2.00. The first-order valence-electron chi connectivity index (χ1n) is 10.1. The van der Waals surface area contributed by atoms with Crippen LogP contribution in [-0.4, -0.2) is 32.2 Å². The SMILES string of the molecule is O=C(O)CCCCCOc1ccc2c(c1)nc(-c1ccccc1)n2-c1ccccn1. The minimum Gasteiger partial charge on any atom is -0.494 e. The number of hydrogen-bond donors (Lipinski definition) is 1. The molecule has 4 aromatic rings. The van der Waals surface area contributed by atoms with E-state index in [-0.39, 0.29) is 6.42 Å². The smallest absolute Gasteiger partial charge is 0.303 e. The number of carboxylic acid groups (broad SMARTS) is 1. The van der Waals surface area contributed by atoms with Gasteiger partial charge in [-0.05, 0) is 43.5 Å². The van der Waals surface area contributed by atoms with Gasteiger partial charge in [0.05, 0.1) is 17.6 Å². The van der Waals surface area contributed by atoms with E-state index in [0.29, 0.717) is 13.0 Å². The van der Waals surface area contributed by atoms with Gasteiger partial charge in [0, 0.05) is 24.2 Å². The number of rotatable bonds is 9. The van der Waals surface area contributed by atoms with Crippen molar-refractivity contribution >= 4 is 17.0 Å². The van der Waals surface area contributed by atoms with Crippen molar-refractivity contribution in [3.63, 3.8) is 0 Å². The van der Waals surface area contributed by atoms with Gasteiger partial charge < -0.3 is 9.84 Å². The van der Waals surface area contributed by atoms with Gasteiger partial charge in [0.1, 0.15) is 17.4 Å². The maximum absolute atomic E-state index is 10.6. The summed E-state index contributed by atoms with van der Waals surface area (Å²) in [5.74, 6) is 1.64. The molecule has 0 unspecified atom stereocenters. The number of ether oxygens (including phenoxy) is 1. The van der Waals surface area contributed by atoms with Gasteiger partial charge in [0.25, 0.3) is 0 Å². The predicted molar refractivity (Wildman–Crippen MR) is 116 cm³/mol. The second-order valence-corrected chi connectivity index (χ2v) is 7.03. The van der Waals surface area contributed by atoms with E-state index in [1.54, 1.807) is 6.20 Å². The molecule has 0 aliphatic carbocycles. The zero-order valence-corrected chi connectivity index (χ0v) is 16.6. The first-order chi connectivity index (χ1) is 14.7. The summed E-state index contributed by atoms with van der Waals surface area (Å²) in [6, 6.07) is 21.8. The highest BCUT2D eigenvalue weighted by molar-refractivity contribution is 5.84. The Morgan fingerprint density at radius 1 is 0.967 bits per heavy atom. The molecule has 2 heterocycles. The number of imidazole rings is 1. The molecule has 0 saturated heterocycles. The van der Waals surface area contributed by atoms with Crippen molar-refractivity contribution in [3.05, 3.63) is 72.9 Å². The number of nitrogens with zero attached hydrogens (tertiary/aromatic N) is 3. The van der Waals surface area contributed by atoms with Crippen molar-refractivity contribution in [3.8, 4) is 23.0 Å². The van der Waals surface area contributed by atoms with Crippen molar-refractivity contribution in [1.29, 1.82) is 0 Å². The fraction of sp³-hybridized carbons (Fsp3) is 0.208. The number of benzene rings is 2. The fourth-order valence-corrected chi connectivity index (χ4v) is 3.39. The predicted octanol–water partition coefficient (Wildman–Crippen LogP) is 5.11. The first kappa shape index (κ1) is 19.6. The van der Waals surface area contributed by atoms with Crippen LogP contribution in [0.25, 0.3) is 28.2 Å². The number of carboxylic acids is 1. The van der Waals surface area contributed by atoms with Crippen LogP contribution in [0.1, 0.15) is 25.7 Å². The molecule has 0 amide bonds. The monoisotopic (exact) mass is 401 g/mol. The van der Waals surface area contributed by atoms with Crippen molar-refractivity contribution in [2.45, 2.75) is 25.7 Å². The standard InChI is InChI=1S/C24H23N3O3/c28-23(29)12-5-2-8-16-30-19-13-14-21-20(17-19)26-24(18-9-3-1-4-10-18)27(21)22-11-6-7-15-25-22/h1,3-4,6-7,9-11,13-15,17H,2,5,8,12,16H2,(H,28,29). The average Bonchev–Trinajstić information content (AvgIpc) is 3.16. The maximum Gasteiger partial charge on any atom is 0.303 e. The molecule has 2 aromatic heterocycles.